The Labute approximate surface area is 226 Å². The summed E-state index contributed by atoms with van der Waals surface area (Å²) in [6, 6.07) is 25.1. The van der Waals surface area contributed by atoms with Crippen LogP contribution in [0.2, 0.25) is 0 Å². The number of rotatable bonds is 13. The van der Waals surface area contributed by atoms with E-state index in [-0.39, 0.29) is 36.2 Å². The minimum absolute atomic E-state index is 0.116. The van der Waals surface area contributed by atoms with Crippen LogP contribution in [0, 0.1) is 6.92 Å². The van der Waals surface area contributed by atoms with Gasteiger partial charge in [-0.1, -0.05) is 78.4 Å². The molecule has 202 valence electrons. The molecule has 0 aromatic heterocycles. The van der Waals surface area contributed by atoms with Crippen molar-refractivity contribution in [3.63, 3.8) is 0 Å². The van der Waals surface area contributed by atoms with Crippen LogP contribution in [0.3, 0.4) is 0 Å². The molecule has 3 aromatic carbocycles. The van der Waals surface area contributed by atoms with Gasteiger partial charge < -0.3 is 10.2 Å². The fourth-order valence-corrected chi connectivity index (χ4v) is 5.57. The average molecular weight is 536 g/mol. The van der Waals surface area contributed by atoms with Gasteiger partial charge in [-0.2, -0.15) is 0 Å². The van der Waals surface area contributed by atoms with E-state index in [1.165, 1.54) is 11.4 Å². The van der Waals surface area contributed by atoms with Crippen LogP contribution < -0.4 is 5.32 Å². The summed E-state index contributed by atoms with van der Waals surface area (Å²) in [6.07, 6.45) is 0.830. The third kappa shape index (κ3) is 8.00. The molecule has 0 saturated heterocycles. The van der Waals surface area contributed by atoms with Gasteiger partial charge in [0.1, 0.15) is 6.04 Å². The standard InChI is InChI=1S/C30H37N3O4S/c1-4-31-30(35)28(22-25-14-7-5-8-15-25)33(23-26-16-11-13-24(2)21-26)29(34)19-12-20-32(3)38(36,37)27-17-9-6-10-18-27/h5-11,13-18,21,28H,4,12,19-20,22-23H2,1-3H3,(H,31,35). The first kappa shape index (κ1) is 29.1. The Hall–Kier alpha value is -3.49. The Morgan fingerprint density at radius 3 is 2.16 bits per heavy atom. The van der Waals surface area contributed by atoms with Gasteiger partial charge in [0.25, 0.3) is 0 Å². The molecule has 2 amide bonds. The number of likely N-dealkylation sites (N-methyl/N-ethyl adjacent to an activating group) is 1. The molecule has 0 aliphatic carbocycles. The van der Waals surface area contributed by atoms with Gasteiger partial charge in [0.15, 0.2) is 0 Å². The first-order chi connectivity index (χ1) is 18.2. The molecule has 0 fully saturated rings. The van der Waals surface area contributed by atoms with Gasteiger partial charge in [-0.25, -0.2) is 12.7 Å². The third-order valence-electron chi connectivity index (χ3n) is 6.37. The van der Waals surface area contributed by atoms with Crippen LogP contribution in [0.1, 0.15) is 36.5 Å². The van der Waals surface area contributed by atoms with E-state index in [0.717, 1.165) is 16.7 Å². The van der Waals surface area contributed by atoms with Gasteiger partial charge in [-0.15, -0.1) is 0 Å². The van der Waals surface area contributed by atoms with Crippen LogP contribution >= 0.6 is 0 Å². The maximum absolute atomic E-state index is 13.7. The molecule has 0 aliphatic rings. The van der Waals surface area contributed by atoms with Gasteiger partial charge in [0.2, 0.25) is 21.8 Å². The van der Waals surface area contributed by atoms with Crippen LogP contribution in [0.5, 0.6) is 0 Å². The molecule has 1 unspecified atom stereocenters. The predicted octanol–water partition coefficient (Wildman–Crippen LogP) is 4.17. The SMILES string of the molecule is CCNC(=O)C(Cc1ccccc1)N(Cc1cccc(C)c1)C(=O)CCCN(C)S(=O)(=O)c1ccccc1. The summed E-state index contributed by atoms with van der Waals surface area (Å²) in [5.74, 6) is -0.398. The second-order valence-corrected chi connectivity index (χ2v) is 11.4. The zero-order chi connectivity index (χ0) is 27.5. The first-order valence-electron chi connectivity index (χ1n) is 12.9. The highest BCUT2D eigenvalue weighted by Gasteiger charge is 2.30. The summed E-state index contributed by atoms with van der Waals surface area (Å²) in [5.41, 5.74) is 2.96. The van der Waals surface area contributed by atoms with Crippen molar-refractivity contribution in [3.8, 4) is 0 Å². The van der Waals surface area contributed by atoms with Crippen LogP contribution in [0.25, 0.3) is 0 Å². The number of benzene rings is 3. The molecule has 7 nitrogen and oxygen atoms in total. The van der Waals surface area contributed by atoms with Gasteiger partial charge in [0.05, 0.1) is 4.90 Å². The molecule has 0 spiro atoms. The molecule has 3 aromatic rings. The Balaban J connectivity index is 1.80. The minimum atomic E-state index is -3.64. The number of hydrogen-bond donors (Lipinski definition) is 1. The summed E-state index contributed by atoms with van der Waals surface area (Å²) in [4.78, 5) is 28.7. The second-order valence-electron chi connectivity index (χ2n) is 9.35. The zero-order valence-electron chi connectivity index (χ0n) is 22.3. The Morgan fingerprint density at radius 2 is 1.53 bits per heavy atom. The number of carbonyl (C=O) groups excluding carboxylic acids is 2. The maximum atomic E-state index is 13.7. The lowest BCUT2D eigenvalue weighted by atomic mass is 10.0. The fraction of sp³-hybridized carbons (Fsp3) is 0.333. The number of carbonyl (C=O) groups is 2. The molecular weight excluding hydrogens is 498 g/mol. The van der Waals surface area contributed by atoms with Crippen LogP contribution in [0.4, 0.5) is 0 Å². The lowest BCUT2D eigenvalue weighted by Gasteiger charge is -2.32. The minimum Gasteiger partial charge on any atom is -0.355 e. The van der Waals surface area contributed by atoms with E-state index in [0.29, 0.717) is 19.4 Å². The molecule has 0 heterocycles. The van der Waals surface area contributed by atoms with Crippen molar-refractivity contribution in [2.24, 2.45) is 0 Å². The fourth-order valence-electron chi connectivity index (χ4n) is 4.34. The van der Waals surface area contributed by atoms with Crippen molar-refractivity contribution in [1.82, 2.24) is 14.5 Å². The summed E-state index contributed by atoms with van der Waals surface area (Å²) in [6.45, 7) is 4.77. The number of nitrogens with one attached hydrogen (secondary N) is 1. The molecule has 0 bridgehead atoms. The average Bonchev–Trinajstić information content (AvgIpc) is 2.91. The number of hydrogen-bond acceptors (Lipinski definition) is 4. The van der Waals surface area contributed by atoms with Crippen LogP contribution in [-0.2, 0) is 32.6 Å². The Bertz CT molecular complexity index is 1300. The zero-order valence-corrected chi connectivity index (χ0v) is 23.2. The monoisotopic (exact) mass is 535 g/mol. The molecule has 1 atom stereocenters. The number of aryl methyl sites for hydroxylation is 1. The molecule has 8 heteroatoms. The van der Waals surface area contributed by atoms with E-state index < -0.39 is 16.1 Å². The highest BCUT2D eigenvalue weighted by Crippen LogP contribution is 2.18. The first-order valence-corrected chi connectivity index (χ1v) is 14.3. The van der Waals surface area contributed by atoms with E-state index in [1.807, 2.05) is 68.4 Å². The summed E-state index contributed by atoms with van der Waals surface area (Å²) >= 11 is 0. The van der Waals surface area contributed by atoms with Gasteiger partial charge >= 0.3 is 0 Å². The van der Waals surface area contributed by atoms with Crippen LogP contribution in [0.15, 0.2) is 89.8 Å². The van der Waals surface area contributed by atoms with Gasteiger partial charge in [0, 0.05) is 39.5 Å². The molecule has 0 aliphatic heterocycles. The van der Waals surface area contributed by atoms with Gasteiger partial charge in [-0.05, 0) is 43.5 Å². The molecular formula is C30H37N3O4S. The van der Waals surface area contributed by atoms with Gasteiger partial charge in [-0.3, -0.25) is 9.59 Å². The lowest BCUT2D eigenvalue weighted by Crippen LogP contribution is -2.50. The second kappa shape index (κ2) is 13.9. The lowest BCUT2D eigenvalue weighted by molar-refractivity contribution is -0.141. The third-order valence-corrected chi connectivity index (χ3v) is 8.24. The summed E-state index contributed by atoms with van der Waals surface area (Å²) in [5, 5.41) is 2.89. The highest BCUT2D eigenvalue weighted by molar-refractivity contribution is 7.89. The Morgan fingerprint density at radius 1 is 0.895 bits per heavy atom. The molecule has 0 saturated carbocycles. The van der Waals surface area contributed by atoms with E-state index >= 15 is 0 Å². The smallest absolute Gasteiger partial charge is 0.243 e. The molecule has 38 heavy (non-hydrogen) atoms. The maximum Gasteiger partial charge on any atom is 0.243 e. The number of amides is 2. The number of nitrogens with zero attached hydrogens (tertiary/aromatic N) is 2. The molecule has 0 radical (unpaired) electrons. The Kier molecular flexibility index (Phi) is 10.6. The van der Waals surface area contributed by atoms with Crippen molar-refractivity contribution in [2.45, 2.75) is 50.6 Å². The van der Waals surface area contributed by atoms with Crippen molar-refractivity contribution in [2.75, 3.05) is 20.1 Å². The van der Waals surface area contributed by atoms with E-state index in [4.69, 9.17) is 0 Å². The summed E-state index contributed by atoms with van der Waals surface area (Å²) < 4.78 is 27.0. The molecule has 1 N–H and O–H groups in total. The largest absolute Gasteiger partial charge is 0.355 e. The van der Waals surface area contributed by atoms with E-state index in [1.54, 1.807) is 35.2 Å². The highest BCUT2D eigenvalue weighted by atomic mass is 32.2. The van der Waals surface area contributed by atoms with Crippen molar-refractivity contribution < 1.29 is 18.0 Å². The van der Waals surface area contributed by atoms with Crippen molar-refractivity contribution >= 4 is 21.8 Å². The number of sulfonamides is 1. The van der Waals surface area contributed by atoms with Crippen molar-refractivity contribution in [1.29, 1.82) is 0 Å². The predicted molar refractivity (Wildman–Crippen MR) is 150 cm³/mol. The normalized spacial score (nSPS) is 12.2. The van der Waals surface area contributed by atoms with Crippen LogP contribution in [-0.4, -0.2) is 55.6 Å². The summed E-state index contributed by atoms with van der Waals surface area (Å²) in [7, 11) is -2.13. The quantitative estimate of drug-likeness (QED) is 0.356. The van der Waals surface area contributed by atoms with E-state index in [2.05, 4.69) is 5.32 Å². The topological polar surface area (TPSA) is 86.8 Å². The molecule has 3 rings (SSSR count). The van der Waals surface area contributed by atoms with Crippen molar-refractivity contribution in [3.05, 3.63) is 102 Å². The van der Waals surface area contributed by atoms with E-state index in [9.17, 15) is 18.0 Å².